The van der Waals surface area contributed by atoms with Crippen molar-refractivity contribution in [3.05, 3.63) is 35.9 Å². The lowest BCUT2D eigenvalue weighted by Gasteiger charge is -2.18. The molecule has 1 aromatic rings. The molecule has 0 amide bonds. The van der Waals surface area contributed by atoms with Crippen LogP contribution in [0.2, 0.25) is 0 Å². The molecule has 0 atom stereocenters. The lowest BCUT2D eigenvalue weighted by atomic mass is 10.1. The van der Waals surface area contributed by atoms with E-state index in [1.54, 1.807) is 18.2 Å². The number of hydrogen-bond donors (Lipinski definition) is 0. The summed E-state index contributed by atoms with van der Waals surface area (Å²) in [4.78, 5) is 3.43. The third-order valence-electron chi connectivity index (χ3n) is 2.32. The average molecular weight is 261 g/mol. The molecule has 0 aliphatic carbocycles. The van der Waals surface area contributed by atoms with Gasteiger partial charge in [-0.2, -0.15) is 8.78 Å². The summed E-state index contributed by atoms with van der Waals surface area (Å²) in [6.07, 6.45) is 0. The second-order valence-corrected chi connectivity index (χ2v) is 5.68. The molecule has 0 bridgehead atoms. The minimum absolute atomic E-state index is 0.108. The van der Waals surface area contributed by atoms with Gasteiger partial charge in [-0.3, -0.25) is 4.99 Å². The fourth-order valence-corrected chi connectivity index (χ4v) is 2.22. The van der Waals surface area contributed by atoms with Crippen LogP contribution in [0.5, 0.6) is 0 Å². The largest absolute Gasteiger partial charge is 0.387 e. The van der Waals surface area contributed by atoms with Crippen LogP contribution in [0, 0.1) is 0 Å². The molecule has 94 valence electrons. The van der Waals surface area contributed by atoms with Gasteiger partial charge in [0.25, 0.3) is 0 Å². The summed E-state index contributed by atoms with van der Waals surface area (Å²) >= 11 is 0. The van der Waals surface area contributed by atoms with Crippen molar-refractivity contribution in [3.63, 3.8) is 0 Å². The minimum atomic E-state index is -4.52. The Labute approximate surface area is 99.1 Å². The van der Waals surface area contributed by atoms with Crippen LogP contribution in [-0.4, -0.2) is 32.2 Å². The Hall–Kier alpha value is -1.30. The Morgan fingerprint density at radius 1 is 1.29 bits per heavy atom. The zero-order chi connectivity index (χ0) is 13.1. The van der Waals surface area contributed by atoms with Gasteiger partial charge in [-0.25, -0.2) is 8.42 Å². The molecule has 17 heavy (non-hydrogen) atoms. The highest BCUT2D eigenvalue weighted by atomic mass is 32.2. The molecule has 1 rings (SSSR count). The molecule has 3 nitrogen and oxygen atoms in total. The van der Waals surface area contributed by atoms with Gasteiger partial charge in [-0.05, 0) is 0 Å². The van der Waals surface area contributed by atoms with Gasteiger partial charge in [0.2, 0.25) is 9.84 Å². The second-order valence-electron chi connectivity index (χ2n) is 3.36. The molecule has 0 saturated carbocycles. The van der Waals surface area contributed by atoms with Crippen LogP contribution < -0.4 is 0 Å². The molecule has 6 heteroatoms. The molecule has 0 fully saturated rings. The molecule has 0 unspecified atom stereocenters. The minimum Gasteiger partial charge on any atom is -0.285 e. The number of benzene rings is 1. The number of hydrogen-bond acceptors (Lipinski definition) is 3. The number of aliphatic imine (C=N–C) groups is 1. The molecule has 0 aromatic heterocycles. The van der Waals surface area contributed by atoms with Crippen molar-refractivity contribution in [2.24, 2.45) is 4.99 Å². The Bertz CT molecular complexity index is 510. The van der Waals surface area contributed by atoms with Crippen molar-refractivity contribution >= 4 is 15.5 Å². The summed E-state index contributed by atoms with van der Waals surface area (Å²) in [7, 11) is -3.37. The van der Waals surface area contributed by atoms with E-state index in [0.29, 0.717) is 0 Å². The van der Waals surface area contributed by atoms with Gasteiger partial charge in [0.15, 0.2) is 0 Å². The van der Waals surface area contributed by atoms with Gasteiger partial charge >= 0.3 is 5.25 Å². The summed E-state index contributed by atoms with van der Waals surface area (Å²) in [6, 6.07) is 7.57. The maximum absolute atomic E-state index is 13.8. The van der Waals surface area contributed by atoms with Crippen molar-refractivity contribution < 1.29 is 17.2 Å². The van der Waals surface area contributed by atoms with E-state index >= 15 is 0 Å². The maximum Gasteiger partial charge on any atom is 0.387 e. The molecule has 0 N–H and O–H groups in total. The Kier molecular flexibility index (Phi) is 3.98. The summed E-state index contributed by atoms with van der Waals surface area (Å²) in [5.41, 5.74) is -0.614. The summed E-state index contributed by atoms with van der Waals surface area (Å²) < 4.78 is 50.4. The first kappa shape index (κ1) is 13.8. The fraction of sp³-hybridized carbons (Fsp3) is 0.364. The van der Waals surface area contributed by atoms with E-state index in [0.717, 1.165) is 7.05 Å². The number of alkyl halides is 2. The predicted octanol–water partition coefficient (Wildman–Crippen LogP) is 2.13. The molecule has 0 radical (unpaired) electrons. The number of rotatable bonds is 4. The fourth-order valence-electron chi connectivity index (χ4n) is 1.35. The Morgan fingerprint density at radius 3 is 2.24 bits per heavy atom. The summed E-state index contributed by atoms with van der Waals surface area (Å²) in [6.45, 7) is 1.18. The lowest BCUT2D eigenvalue weighted by Crippen LogP contribution is -2.39. The molecule has 0 aliphatic heterocycles. The highest BCUT2D eigenvalue weighted by Gasteiger charge is 2.48. The van der Waals surface area contributed by atoms with Crippen LogP contribution in [0.3, 0.4) is 0 Å². The van der Waals surface area contributed by atoms with Crippen LogP contribution >= 0.6 is 0 Å². The van der Waals surface area contributed by atoms with Gasteiger partial charge in [-0.15, -0.1) is 0 Å². The van der Waals surface area contributed by atoms with Crippen molar-refractivity contribution in [1.82, 2.24) is 0 Å². The first-order chi connectivity index (χ1) is 7.86. The van der Waals surface area contributed by atoms with Gasteiger partial charge < -0.3 is 0 Å². The zero-order valence-electron chi connectivity index (χ0n) is 9.52. The van der Waals surface area contributed by atoms with Crippen molar-refractivity contribution in [3.8, 4) is 0 Å². The SMILES string of the molecule is CCS(=O)(=O)C(F)(F)/C(=N\C)c1ccccc1. The van der Waals surface area contributed by atoms with E-state index < -0.39 is 26.6 Å². The molecular weight excluding hydrogens is 248 g/mol. The van der Waals surface area contributed by atoms with Crippen molar-refractivity contribution in [2.75, 3.05) is 12.8 Å². The van der Waals surface area contributed by atoms with Crippen LogP contribution in [-0.2, 0) is 9.84 Å². The van der Waals surface area contributed by atoms with Crippen LogP contribution in [0.1, 0.15) is 12.5 Å². The Morgan fingerprint density at radius 2 is 1.82 bits per heavy atom. The highest BCUT2D eigenvalue weighted by molar-refractivity contribution is 7.93. The third-order valence-corrected chi connectivity index (χ3v) is 4.05. The normalized spacial score (nSPS) is 13.8. The maximum atomic E-state index is 13.8. The third kappa shape index (κ3) is 2.52. The van der Waals surface area contributed by atoms with E-state index in [-0.39, 0.29) is 5.56 Å². The average Bonchev–Trinajstić information content (AvgIpc) is 2.30. The molecule has 0 aliphatic rings. The topological polar surface area (TPSA) is 46.5 Å². The van der Waals surface area contributed by atoms with E-state index in [4.69, 9.17) is 0 Å². The standard InChI is InChI=1S/C11H13F2NO2S/c1-3-17(15,16)11(12,13)10(14-2)9-7-5-4-6-8-9/h4-8H,3H2,1-2H3/b14-10-. The Balaban J connectivity index is 3.32. The molecule has 0 spiro atoms. The molecule has 0 heterocycles. The predicted molar refractivity (Wildman–Crippen MR) is 63.3 cm³/mol. The van der Waals surface area contributed by atoms with E-state index in [1.165, 1.54) is 19.1 Å². The number of halogens is 2. The monoisotopic (exact) mass is 261 g/mol. The molecular formula is C11H13F2NO2S. The van der Waals surface area contributed by atoms with Crippen LogP contribution in [0.25, 0.3) is 0 Å². The van der Waals surface area contributed by atoms with Crippen LogP contribution in [0.4, 0.5) is 8.78 Å². The van der Waals surface area contributed by atoms with Gasteiger partial charge in [0.05, 0.1) is 5.75 Å². The van der Waals surface area contributed by atoms with E-state index in [1.807, 2.05) is 0 Å². The summed E-state index contributed by atoms with van der Waals surface area (Å²) in [5.74, 6) is -0.633. The van der Waals surface area contributed by atoms with Gasteiger partial charge in [0, 0.05) is 12.6 Å². The zero-order valence-corrected chi connectivity index (χ0v) is 10.3. The highest BCUT2D eigenvalue weighted by Crippen LogP contribution is 2.28. The number of sulfone groups is 1. The van der Waals surface area contributed by atoms with Gasteiger partial charge in [-0.1, -0.05) is 37.3 Å². The van der Waals surface area contributed by atoms with Crippen molar-refractivity contribution in [1.29, 1.82) is 0 Å². The first-order valence-electron chi connectivity index (χ1n) is 4.99. The van der Waals surface area contributed by atoms with Gasteiger partial charge in [0.1, 0.15) is 5.71 Å². The molecule has 0 saturated heterocycles. The first-order valence-corrected chi connectivity index (χ1v) is 6.64. The van der Waals surface area contributed by atoms with E-state index in [2.05, 4.69) is 4.99 Å². The smallest absolute Gasteiger partial charge is 0.285 e. The number of nitrogens with zero attached hydrogens (tertiary/aromatic N) is 1. The lowest BCUT2D eigenvalue weighted by molar-refractivity contribution is 0.169. The summed E-state index contributed by atoms with van der Waals surface area (Å²) in [5, 5.41) is -3.96. The van der Waals surface area contributed by atoms with Crippen molar-refractivity contribution in [2.45, 2.75) is 12.2 Å². The quantitative estimate of drug-likeness (QED) is 0.779. The molecule has 1 aromatic carbocycles. The second kappa shape index (κ2) is 4.91. The van der Waals surface area contributed by atoms with E-state index in [9.17, 15) is 17.2 Å². The van der Waals surface area contributed by atoms with Crippen LogP contribution in [0.15, 0.2) is 35.3 Å².